The number of hydrogen-bond donors (Lipinski definition) is 2. The molecule has 0 amide bonds. The summed E-state index contributed by atoms with van der Waals surface area (Å²) >= 11 is 0. The van der Waals surface area contributed by atoms with Gasteiger partial charge in [0.05, 0.1) is 11.6 Å². The number of fused-ring (bicyclic) bond motifs is 1. The van der Waals surface area contributed by atoms with Crippen molar-refractivity contribution in [2.45, 2.75) is 6.92 Å². The molecule has 1 aromatic carbocycles. The van der Waals surface area contributed by atoms with Crippen LogP contribution in [0.1, 0.15) is 5.56 Å². The molecular formula is C17H21N7. The van der Waals surface area contributed by atoms with Crippen molar-refractivity contribution >= 4 is 28.5 Å². The molecule has 124 valence electrons. The maximum atomic E-state index is 4.76. The van der Waals surface area contributed by atoms with Crippen LogP contribution >= 0.6 is 0 Å². The Balaban J connectivity index is 1.68. The van der Waals surface area contributed by atoms with Crippen molar-refractivity contribution in [3.63, 3.8) is 0 Å². The highest BCUT2D eigenvalue weighted by Crippen LogP contribution is 2.25. The third-order valence-corrected chi connectivity index (χ3v) is 4.40. The van der Waals surface area contributed by atoms with Crippen molar-refractivity contribution in [1.29, 1.82) is 0 Å². The van der Waals surface area contributed by atoms with Gasteiger partial charge in [-0.25, -0.2) is 0 Å². The lowest BCUT2D eigenvalue weighted by atomic mass is 10.2. The first-order valence-electron chi connectivity index (χ1n) is 8.17. The average molecular weight is 323 g/mol. The number of aromatic nitrogens is 4. The Labute approximate surface area is 140 Å². The summed E-state index contributed by atoms with van der Waals surface area (Å²) in [6.45, 7) is 5.98. The van der Waals surface area contributed by atoms with Gasteiger partial charge in [-0.2, -0.15) is 15.1 Å². The maximum absolute atomic E-state index is 4.76. The first-order chi connectivity index (χ1) is 11.7. The summed E-state index contributed by atoms with van der Waals surface area (Å²) < 4.78 is 0. The molecule has 1 saturated heterocycles. The predicted octanol–water partition coefficient (Wildman–Crippen LogP) is 2.16. The summed E-state index contributed by atoms with van der Waals surface area (Å²) in [5.41, 5.74) is 2.99. The van der Waals surface area contributed by atoms with E-state index < -0.39 is 0 Å². The van der Waals surface area contributed by atoms with E-state index in [1.54, 1.807) is 6.20 Å². The van der Waals surface area contributed by atoms with E-state index in [0.29, 0.717) is 0 Å². The minimum Gasteiger partial charge on any atom is -0.339 e. The van der Waals surface area contributed by atoms with Gasteiger partial charge in [-0.1, -0.05) is 17.7 Å². The van der Waals surface area contributed by atoms with Gasteiger partial charge in [-0.15, -0.1) is 0 Å². The van der Waals surface area contributed by atoms with Crippen molar-refractivity contribution in [1.82, 2.24) is 25.1 Å². The summed E-state index contributed by atoms with van der Waals surface area (Å²) in [6, 6.07) is 8.27. The molecule has 7 heteroatoms. The van der Waals surface area contributed by atoms with Crippen LogP contribution < -0.4 is 10.2 Å². The van der Waals surface area contributed by atoms with E-state index in [-0.39, 0.29) is 0 Å². The lowest BCUT2D eigenvalue weighted by Crippen LogP contribution is -2.45. The Morgan fingerprint density at radius 1 is 1.04 bits per heavy atom. The van der Waals surface area contributed by atoms with Crippen molar-refractivity contribution < 1.29 is 0 Å². The van der Waals surface area contributed by atoms with E-state index in [0.717, 1.165) is 54.7 Å². The topological polar surface area (TPSA) is 73.0 Å². The summed E-state index contributed by atoms with van der Waals surface area (Å²) in [5.74, 6) is 1.53. The largest absolute Gasteiger partial charge is 0.339 e. The fourth-order valence-corrected chi connectivity index (χ4v) is 2.84. The van der Waals surface area contributed by atoms with Crippen LogP contribution in [0.4, 0.5) is 17.5 Å². The predicted molar refractivity (Wildman–Crippen MR) is 95.9 cm³/mol. The molecule has 0 radical (unpaired) electrons. The molecule has 3 heterocycles. The van der Waals surface area contributed by atoms with Crippen molar-refractivity contribution in [2.24, 2.45) is 0 Å². The number of nitrogens with zero attached hydrogens (tertiary/aromatic N) is 5. The van der Waals surface area contributed by atoms with Gasteiger partial charge < -0.3 is 15.1 Å². The van der Waals surface area contributed by atoms with Gasteiger partial charge in [0, 0.05) is 31.9 Å². The molecule has 7 nitrogen and oxygen atoms in total. The molecule has 0 unspecified atom stereocenters. The average Bonchev–Trinajstić information content (AvgIpc) is 3.06. The maximum Gasteiger partial charge on any atom is 0.229 e. The van der Waals surface area contributed by atoms with Gasteiger partial charge in [0.2, 0.25) is 5.95 Å². The van der Waals surface area contributed by atoms with E-state index in [1.807, 2.05) is 0 Å². The van der Waals surface area contributed by atoms with Gasteiger partial charge >= 0.3 is 0 Å². The molecule has 0 atom stereocenters. The zero-order valence-corrected chi connectivity index (χ0v) is 14.0. The summed E-state index contributed by atoms with van der Waals surface area (Å²) in [5, 5.41) is 11.4. The molecule has 1 aliphatic heterocycles. The van der Waals surface area contributed by atoms with Crippen molar-refractivity contribution in [2.75, 3.05) is 43.4 Å². The Hall–Kier alpha value is -2.67. The number of piperazine rings is 1. The molecule has 0 saturated carbocycles. The molecule has 1 fully saturated rings. The Morgan fingerprint density at radius 3 is 2.54 bits per heavy atom. The normalized spacial score (nSPS) is 15.8. The monoisotopic (exact) mass is 323 g/mol. The summed E-state index contributed by atoms with van der Waals surface area (Å²) in [6.07, 6.45) is 1.76. The number of likely N-dealkylation sites (N-methyl/N-ethyl adjacent to an activating group) is 1. The van der Waals surface area contributed by atoms with Gasteiger partial charge in [0.25, 0.3) is 0 Å². The van der Waals surface area contributed by atoms with Crippen molar-refractivity contribution in [3.05, 3.63) is 36.0 Å². The lowest BCUT2D eigenvalue weighted by Gasteiger charge is -2.32. The Bertz CT molecular complexity index is 832. The quantitative estimate of drug-likeness (QED) is 0.769. The molecular weight excluding hydrogens is 302 g/mol. The van der Waals surface area contributed by atoms with E-state index in [2.05, 4.69) is 68.5 Å². The van der Waals surface area contributed by atoms with Crippen molar-refractivity contribution in [3.8, 4) is 0 Å². The Kier molecular flexibility index (Phi) is 3.78. The molecule has 4 rings (SSSR count). The van der Waals surface area contributed by atoms with Gasteiger partial charge in [-0.3, -0.25) is 5.10 Å². The second-order valence-corrected chi connectivity index (χ2v) is 6.29. The number of H-pyrrole nitrogens is 1. The van der Waals surface area contributed by atoms with Gasteiger partial charge in [0.15, 0.2) is 5.65 Å². The van der Waals surface area contributed by atoms with Crippen LogP contribution in [0.3, 0.4) is 0 Å². The molecule has 2 N–H and O–H groups in total. The number of aryl methyl sites for hydroxylation is 1. The zero-order chi connectivity index (χ0) is 16.5. The standard InChI is InChI=1S/C17H21N7/c1-12-3-5-13(6-4-12)19-15-14-11-18-22-16(14)21-17(20-15)24-9-7-23(2)8-10-24/h3-6,11H,7-10H2,1-2H3,(H2,18,19,20,21,22). The number of benzene rings is 1. The van der Waals surface area contributed by atoms with Gasteiger partial charge in [0.1, 0.15) is 5.82 Å². The molecule has 1 aliphatic rings. The molecule has 3 aromatic rings. The Morgan fingerprint density at radius 2 is 1.79 bits per heavy atom. The highest BCUT2D eigenvalue weighted by molar-refractivity contribution is 5.89. The third kappa shape index (κ3) is 2.90. The second-order valence-electron chi connectivity index (χ2n) is 6.29. The van der Waals surface area contributed by atoms with Crippen LogP contribution in [-0.2, 0) is 0 Å². The number of hydrogen-bond acceptors (Lipinski definition) is 6. The number of rotatable bonds is 3. The van der Waals surface area contributed by atoms with Gasteiger partial charge in [-0.05, 0) is 26.1 Å². The fraction of sp³-hybridized carbons (Fsp3) is 0.353. The zero-order valence-electron chi connectivity index (χ0n) is 14.0. The van der Waals surface area contributed by atoms with Crippen LogP contribution in [0.5, 0.6) is 0 Å². The van der Waals surface area contributed by atoms with E-state index in [4.69, 9.17) is 4.98 Å². The molecule has 2 aromatic heterocycles. The van der Waals surface area contributed by atoms with E-state index in [1.165, 1.54) is 5.56 Å². The highest BCUT2D eigenvalue weighted by atomic mass is 15.3. The lowest BCUT2D eigenvalue weighted by molar-refractivity contribution is 0.311. The van der Waals surface area contributed by atoms with Crippen LogP contribution in [-0.4, -0.2) is 58.3 Å². The van der Waals surface area contributed by atoms with E-state index >= 15 is 0 Å². The number of nitrogens with one attached hydrogen (secondary N) is 2. The van der Waals surface area contributed by atoms with Crippen LogP contribution in [0.2, 0.25) is 0 Å². The summed E-state index contributed by atoms with van der Waals surface area (Å²) in [4.78, 5) is 13.9. The number of anilines is 3. The minimum atomic E-state index is 0.745. The smallest absolute Gasteiger partial charge is 0.229 e. The van der Waals surface area contributed by atoms with Crippen LogP contribution in [0.15, 0.2) is 30.5 Å². The van der Waals surface area contributed by atoms with Crippen LogP contribution in [0.25, 0.3) is 11.0 Å². The second kappa shape index (κ2) is 6.09. The first-order valence-corrected chi connectivity index (χ1v) is 8.17. The first kappa shape index (κ1) is 14.9. The molecule has 0 aliphatic carbocycles. The summed E-state index contributed by atoms with van der Waals surface area (Å²) in [7, 11) is 2.14. The highest BCUT2D eigenvalue weighted by Gasteiger charge is 2.19. The van der Waals surface area contributed by atoms with Crippen LogP contribution in [0, 0.1) is 6.92 Å². The number of aromatic amines is 1. The van der Waals surface area contributed by atoms with E-state index in [9.17, 15) is 0 Å². The molecule has 24 heavy (non-hydrogen) atoms. The molecule has 0 bridgehead atoms. The third-order valence-electron chi connectivity index (χ3n) is 4.40. The fourth-order valence-electron chi connectivity index (χ4n) is 2.84. The molecule has 0 spiro atoms. The SMILES string of the molecule is Cc1ccc(Nc2nc(N3CCN(C)CC3)nc3[nH]ncc23)cc1. The minimum absolute atomic E-state index is 0.745.